The van der Waals surface area contributed by atoms with E-state index in [1.807, 2.05) is 49.0 Å². The van der Waals surface area contributed by atoms with E-state index in [4.69, 9.17) is 0 Å². The van der Waals surface area contributed by atoms with Gasteiger partial charge in [-0.2, -0.15) is 0 Å². The van der Waals surface area contributed by atoms with Gasteiger partial charge in [-0.3, -0.25) is 9.59 Å². The molecule has 3 aromatic heterocycles. The van der Waals surface area contributed by atoms with Gasteiger partial charge in [0.25, 0.3) is 5.91 Å². The van der Waals surface area contributed by atoms with Crippen LogP contribution in [0.4, 0.5) is 18.9 Å². The maximum absolute atomic E-state index is 13.9. The number of pyridine rings is 1. The monoisotopic (exact) mass is 472 g/mol. The van der Waals surface area contributed by atoms with Crippen LogP contribution in [0, 0.1) is 31.3 Å². The highest BCUT2D eigenvalue weighted by molar-refractivity contribution is 7.21. The van der Waals surface area contributed by atoms with Crippen molar-refractivity contribution in [2.24, 2.45) is 0 Å². The number of carbonyl (C=O) groups is 2. The van der Waals surface area contributed by atoms with Crippen molar-refractivity contribution in [1.82, 2.24) is 14.5 Å². The molecule has 0 radical (unpaired) electrons. The molecule has 0 atom stereocenters. The molecule has 0 fully saturated rings. The summed E-state index contributed by atoms with van der Waals surface area (Å²) >= 11 is 1.22. The molecule has 0 spiro atoms. The summed E-state index contributed by atoms with van der Waals surface area (Å²) in [6.07, 6.45) is 3.63. The van der Waals surface area contributed by atoms with E-state index in [1.54, 1.807) is 0 Å². The Kier molecular flexibility index (Phi) is 5.94. The number of rotatable bonds is 5. The van der Waals surface area contributed by atoms with E-state index in [-0.39, 0.29) is 0 Å². The van der Waals surface area contributed by atoms with Gasteiger partial charge in [-0.25, -0.2) is 18.2 Å². The second-order valence-electron chi connectivity index (χ2n) is 7.56. The number of likely N-dealkylation sites (N-methyl/N-ethyl adjacent to an activating group) is 1. The topological polar surface area (TPSA) is 67.2 Å². The molecule has 4 aromatic rings. The van der Waals surface area contributed by atoms with Gasteiger partial charge in [-0.05, 0) is 49.7 Å². The molecule has 6 nitrogen and oxygen atoms in total. The van der Waals surface area contributed by atoms with Crippen molar-refractivity contribution in [1.29, 1.82) is 0 Å². The predicted octanol–water partition coefficient (Wildman–Crippen LogP) is 4.83. The molecule has 2 amide bonds. The van der Waals surface area contributed by atoms with Crippen LogP contribution < -0.4 is 5.32 Å². The highest BCUT2D eigenvalue weighted by atomic mass is 32.1. The van der Waals surface area contributed by atoms with Crippen LogP contribution in [0.15, 0.2) is 42.7 Å². The van der Waals surface area contributed by atoms with Gasteiger partial charge in [0, 0.05) is 30.5 Å². The van der Waals surface area contributed by atoms with E-state index in [1.165, 1.54) is 23.3 Å². The van der Waals surface area contributed by atoms with Gasteiger partial charge in [-0.15, -0.1) is 11.3 Å². The van der Waals surface area contributed by atoms with Crippen LogP contribution in [0.3, 0.4) is 0 Å². The minimum atomic E-state index is -1.68. The van der Waals surface area contributed by atoms with Gasteiger partial charge >= 0.3 is 0 Å². The number of benzene rings is 1. The summed E-state index contributed by atoms with van der Waals surface area (Å²) in [5.74, 6) is -5.74. The fraction of sp³-hybridized carbons (Fsp3) is 0.174. The lowest BCUT2D eigenvalue weighted by Crippen LogP contribution is -2.35. The Balaban J connectivity index is 1.63. The molecule has 0 aliphatic rings. The Hall–Kier alpha value is -3.66. The molecule has 170 valence electrons. The van der Waals surface area contributed by atoms with Crippen molar-refractivity contribution < 1.29 is 22.8 Å². The van der Waals surface area contributed by atoms with E-state index in [2.05, 4.69) is 10.3 Å². The van der Waals surface area contributed by atoms with Crippen molar-refractivity contribution in [2.75, 3.05) is 18.9 Å². The SMILES string of the molecule is Cc1cc(C)c2c(-n3cccc3)c(C(=O)N(C)CC(=O)Nc3ccc(F)c(F)c3F)sc2n1. The summed E-state index contributed by atoms with van der Waals surface area (Å²) in [6.45, 7) is 3.39. The van der Waals surface area contributed by atoms with Crippen LogP contribution in [0.5, 0.6) is 0 Å². The zero-order chi connectivity index (χ0) is 23.9. The first-order valence-corrected chi connectivity index (χ1v) is 10.7. The van der Waals surface area contributed by atoms with E-state index in [0.29, 0.717) is 21.5 Å². The number of amides is 2. The zero-order valence-electron chi connectivity index (χ0n) is 17.9. The Bertz CT molecular complexity index is 1380. The number of thiophene rings is 1. The largest absolute Gasteiger partial charge is 0.332 e. The second kappa shape index (κ2) is 8.70. The first-order chi connectivity index (χ1) is 15.7. The zero-order valence-corrected chi connectivity index (χ0v) is 18.8. The Morgan fingerprint density at radius 1 is 1.12 bits per heavy atom. The van der Waals surface area contributed by atoms with Crippen molar-refractivity contribution in [3.63, 3.8) is 0 Å². The molecular formula is C23H19F3N4O2S. The second-order valence-corrected chi connectivity index (χ2v) is 8.56. The minimum Gasteiger partial charge on any atom is -0.332 e. The number of carbonyl (C=O) groups excluding carboxylic acids is 2. The Morgan fingerprint density at radius 2 is 1.82 bits per heavy atom. The van der Waals surface area contributed by atoms with E-state index < -0.39 is 41.5 Å². The molecule has 0 unspecified atom stereocenters. The number of fused-ring (bicyclic) bond motifs is 1. The Labute approximate surface area is 191 Å². The van der Waals surface area contributed by atoms with Gasteiger partial charge in [0.15, 0.2) is 17.5 Å². The van der Waals surface area contributed by atoms with Crippen LogP contribution in [0.1, 0.15) is 20.9 Å². The number of halogens is 3. The summed E-state index contributed by atoms with van der Waals surface area (Å²) in [5.41, 5.74) is 1.94. The first-order valence-electron chi connectivity index (χ1n) is 9.90. The summed E-state index contributed by atoms with van der Waals surface area (Å²) in [6, 6.07) is 7.23. The lowest BCUT2D eigenvalue weighted by Gasteiger charge is -2.17. The highest BCUT2D eigenvalue weighted by Crippen LogP contribution is 2.36. The first kappa shape index (κ1) is 22.5. The molecule has 10 heteroatoms. The lowest BCUT2D eigenvalue weighted by molar-refractivity contribution is -0.116. The molecule has 0 aliphatic heterocycles. The summed E-state index contributed by atoms with van der Waals surface area (Å²) in [4.78, 5) is 32.5. The van der Waals surface area contributed by atoms with Crippen molar-refractivity contribution in [3.05, 3.63) is 76.3 Å². The molecule has 0 saturated heterocycles. The van der Waals surface area contributed by atoms with Crippen molar-refractivity contribution in [2.45, 2.75) is 13.8 Å². The fourth-order valence-corrected chi connectivity index (χ4v) is 4.86. The van der Waals surface area contributed by atoms with Crippen molar-refractivity contribution in [3.8, 4) is 5.69 Å². The molecule has 4 rings (SSSR count). The number of hydrogen-bond acceptors (Lipinski definition) is 4. The summed E-state index contributed by atoms with van der Waals surface area (Å²) < 4.78 is 42.2. The molecule has 0 aliphatic carbocycles. The fourth-order valence-electron chi connectivity index (χ4n) is 3.57. The number of anilines is 1. The van der Waals surface area contributed by atoms with Gasteiger partial charge in [-0.1, -0.05) is 0 Å². The number of aryl methyl sites for hydroxylation is 2. The third kappa shape index (κ3) is 4.21. The molecule has 1 aromatic carbocycles. The van der Waals surface area contributed by atoms with Gasteiger partial charge in [0.05, 0.1) is 17.9 Å². The van der Waals surface area contributed by atoms with Crippen LogP contribution in [0.2, 0.25) is 0 Å². The molecule has 0 saturated carbocycles. The maximum atomic E-state index is 13.9. The Morgan fingerprint density at radius 3 is 2.52 bits per heavy atom. The van der Waals surface area contributed by atoms with Crippen LogP contribution in [-0.4, -0.2) is 39.9 Å². The molecule has 33 heavy (non-hydrogen) atoms. The van der Waals surface area contributed by atoms with E-state index >= 15 is 0 Å². The normalized spacial score (nSPS) is 11.1. The molecule has 0 bridgehead atoms. The number of nitrogens with one attached hydrogen (secondary N) is 1. The predicted molar refractivity (Wildman–Crippen MR) is 120 cm³/mol. The quantitative estimate of drug-likeness (QED) is 0.423. The van der Waals surface area contributed by atoms with E-state index in [0.717, 1.165) is 22.7 Å². The smallest absolute Gasteiger partial charge is 0.266 e. The maximum Gasteiger partial charge on any atom is 0.266 e. The molecule has 1 N–H and O–H groups in total. The number of nitrogens with zero attached hydrogens (tertiary/aromatic N) is 3. The average Bonchev–Trinajstić information content (AvgIpc) is 3.41. The highest BCUT2D eigenvalue weighted by Gasteiger charge is 2.26. The third-order valence-corrected chi connectivity index (χ3v) is 6.12. The summed E-state index contributed by atoms with van der Waals surface area (Å²) in [5, 5.41) is 3.01. The van der Waals surface area contributed by atoms with Crippen LogP contribution in [0.25, 0.3) is 15.9 Å². The standard InChI is InChI=1S/C23H19F3N4O2S/c1-12-10-13(2)27-22-17(12)20(30-8-4-5-9-30)21(33-22)23(32)29(3)11-16(31)28-15-7-6-14(24)18(25)19(15)26/h4-10H,11H2,1-3H3,(H,28,31). The number of hydrogen-bond donors (Lipinski definition) is 1. The third-order valence-electron chi connectivity index (χ3n) is 5.06. The average molecular weight is 472 g/mol. The summed E-state index contributed by atoms with van der Waals surface area (Å²) in [7, 11) is 1.43. The van der Waals surface area contributed by atoms with Gasteiger partial charge in [0.2, 0.25) is 5.91 Å². The lowest BCUT2D eigenvalue weighted by atomic mass is 10.1. The molecular weight excluding hydrogens is 453 g/mol. The minimum absolute atomic E-state index is 0.386. The van der Waals surface area contributed by atoms with E-state index in [9.17, 15) is 22.8 Å². The van der Waals surface area contributed by atoms with Gasteiger partial charge < -0.3 is 14.8 Å². The van der Waals surface area contributed by atoms with Gasteiger partial charge in [0.1, 0.15) is 9.71 Å². The number of aromatic nitrogens is 2. The van der Waals surface area contributed by atoms with Crippen molar-refractivity contribution >= 4 is 39.1 Å². The van der Waals surface area contributed by atoms with Crippen LogP contribution in [-0.2, 0) is 4.79 Å². The molecule has 3 heterocycles. The van der Waals surface area contributed by atoms with Crippen LogP contribution >= 0.6 is 11.3 Å².